The Hall–Kier alpha value is 0.350. The van der Waals surface area contributed by atoms with E-state index in [1.54, 1.807) is 0 Å². The summed E-state index contributed by atoms with van der Waals surface area (Å²) in [5, 5.41) is 7.54. The average Bonchev–Trinajstić information content (AvgIpc) is 2.75. The highest BCUT2D eigenvalue weighted by molar-refractivity contribution is 14.0. The monoisotopic (exact) mass is 371 g/mol. The predicted octanol–water partition coefficient (Wildman–Crippen LogP) is 2.71. The maximum atomic E-state index is 4.23. The summed E-state index contributed by atoms with van der Waals surface area (Å²) in [6.45, 7) is 6.54. The summed E-state index contributed by atoms with van der Waals surface area (Å²) < 4.78 is 0. The molecule has 3 nitrogen and oxygen atoms in total. The zero-order chi connectivity index (χ0) is 11.8. The van der Waals surface area contributed by atoms with Gasteiger partial charge in [0.25, 0.3) is 0 Å². The van der Waals surface area contributed by atoms with Crippen LogP contribution in [0.1, 0.15) is 33.1 Å². The molecule has 17 heavy (non-hydrogen) atoms. The summed E-state index contributed by atoms with van der Waals surface area (Å²) in [5.74, 6) is 3.02. The molecule has 1 aliphatic rings. The molecular formula is C12H26IN3S. The first-order valence-corrected chi connectivity index (χ1v) is 7.33. The van der Waals surface area contributed by atoms with Gasteiger partial charge in [-0.1, -0.05) is 13.8 Å². The fourth-order valence-electron chi connectivity index (χ4n) is 1.72. The van der Waals surface area contributed by atoms with Crippen molar-refractivity contribution in [3.63, 3.8) is 0 Å². The second-order valence-corrected chi connectivity index (χ2v) is 6.11. The fraction of sp³-hybridized carbons (Fsp3) is 0.917. The Labute approximate surface area is 127 Å². The van der Waals surface area contributed by atoms with E-state index in [1.807, 2.05) is 7.05 Å². The van der Waals surface area contributed by atoms with Gasteiger partial charge in [0.1, 0.15) is 0 Å². The molecule has 1 aliphatic heterocycles. The van der Waals surface area contributed by atoms with E-state index in [4.69, 9.17) is 0 Å². The number of hydrogen-bond donors (Lipinski definition) is 2. The van der Waals surface area contributed by atoms with E-state index < -0.39 is 0 Å². The molecule has 102 valence electrons. The smallest absolute Gasteiger partial charge is 0.191 e. The molecule has 5 heteroatoms. The number of guanidine groups is 1. The first kappa shape index (κ1) is 17.4. The number of thioether (sulfide) groups is 1. The van der Waals surface area contributed by atoms with Crippen LogP contribution in [0, 0.1) is 5.92 Å². The molecule has 0 aliphatic carbocycles. The quantitative estimate of drug-likeness (QED) is 0.443. The van der Waals surface area contributed by atoms with Gasteiger partial charge < -0.3 is 10.6 Å². The molecule has 0 amide bonds. The van der Waals surface area contributed by atoms with Crippen LogP contribution >= 0.6 is 35.7 Å². The lowest BCUT2D eigenvalue weighted by molar-refractivity contribution is 0.573. The first-order valence-electron chi connectivity index (χ1n) is 6.28. The zero-order valence-electron chi connectivity index (χ0n) is 11.2. The van der Waals surface area contributed by atoms with E-state index >= 15 is 0 Å². The summed E-state index contributed by atoms with van der Waals surface area (Å²) >= 11 is 2.08. The Balaban J connectivity index is 0.00000256. The maximum absolute atomic E-state index is 4.23. The number of hydrogen-bond acceptors (Lipinski definition) is 2. The van der Waals surface area contributed by atoms with Gasteiger partial charge in [-0.05, 0) is 30.9 Å². The van der Waals surface area contributed by atoms with Gasteiger partial charge in [0.05, 0.1) is 0 Å². The molecule has 1 atom stereocenters. The van der Waals surface area contributed by atoms with Crippen molar-refractivity contribution in [2.45, 2.75) is 38.4 Å². The minimum Gasteiger partial charge on any atom is -0.356 e. The van der Waals surface area contributed by atoms with Crippen molar-refractivity contribution in [2.24, 2.45) is 10.9 Å². The van der Waals surface area contributed by atoms with E-state index in [0.717, 1.165) is 30.2 Å². The van der Waals surface area contributed by atoms with Crippen LogP contribution in [0.5, 0.6) is 0 Å². The van der Waals surface area contributed by atoms with Crippen LogP contribution in [0.2, 0.25) is 0 Å². The third kappa shape index (κ3) is 8.13. The van der Waals surface area contributed by atoms with E-state index in [2.05, 4.69) is 41.2 Å². The van der Waals surface area contributed by atoms with Crippen molar-refractivity contribution in [3.8, 4) is 0 Å². The lowest BCUT2D eigenvalue weighted by Crippen LogP contribution is -2.40. The van der Waals surface area contributed by atoms with Crippen LogP contribution in [0.15, 0.2) is 4.99 Å². The van der Waals surface area contributed by atoms with E-state index in [9.17, 15) is 0 Å². The van der Waals surface area contributed by atoms with E-state index in [1.165, 1.54) is 25.0 Å². The van der Waals surface area contributed by atoms with Crippen molar-refractivity contribution < 1.29 is 0 Å². The molecule has 1 rings (SSSR count). The molecule has 0 radical (unpaired) electrons. The highest BCUT2D eigenvalue weighted by atomic mass is 127. The molecule has 1 heterocycles. The van der Waals surface area contributed by atoms with Crippen LogP contribution in [-0.2, 0) is 0 Å². The van der Waals surface area contributed by atoms with Crippen LogP contribution < -0.4 is 10.6 Å². The zero-order valence-corrected chi connectivity index (χ0v) is 14.3. The average molecular weight is 371 g/mol. The second-order valence-electron chi connectivity index (χ2n) is 4.70. The molecule has 0 saturated carbocycles. The molecule has 0 aromatic heterocycles. The highest BCUT2D eigenvalue weighted by Crippen LogP contribution is 2.25. The van der Waals surface area contributed by atoms with Gasteiger partial charge in [-0.3, -0.25) is 4.99 Å². The Morgan fingerprint density at radius 3 is 2.71 bits per heavy atom. The molecule has 1 fully saturated rings. The second kappa shape index (κ2) is 10.3. The Morgan fingerprint density at radius 2 is 2.18 bits per heavy atom. The van der Waals surface area contributed by atoms with Gasteiger partial charge in [0, 0.05) is 25.4 Å². The lowest BCUT2D eigenvalue weighted by Gasteiger charge is -2.15. The first-order chi connectivity index (χ1) is 7.72. The van der Waals surface area contributed by atoms with Gasteiger partial charge in [0.2, 0.25) is 0 Å². The topological polar surface area (TPSA) is 36.4 Å². The van der Waals surface area contributed by atoms with Gasteiger partial charge in [-0.15, -0.1) is 24.0 Å². The maximum Gasteiger partial charge on any atom is 0.191 e. The van der Waals surface area contributed by atoms with Crippen LogP contribution in [0.3, 0.4) is 0 Å². The van der Waals surface area contributed by atoms with Gasteiger partial charge in [-0.25, -0.2) is 0 Å². The predicted molar refractivity (Wildman–Crippen MR) is 89.7 cm³/mol. The summed E-state index contributed by atoms with van der Waals surface area (Å²) in [4.78, 5) is 4.23. The molecule has 0 aromatic carbocycles. The minimum atomic E-state index is 0. The van der Waals surface area contributed by atoms with E-state index in [0.29, 0.717) is 0 Å². The molecule has 2 N–H and O–H groups in total. The number of rotatable bonds is 5. The van der Waals surface area contributed by atoms with Crippen molar-refractivity contribution >= 4 is 41.7 Å². The Bertz CT molecular complexity index is 216. The number of nitrogens with one attached hydrogen (secondary N) is 2. The molecule has 0 bridgehead atoms. The summed E-state index contributed by atoms with van der Waals surface area (Å²) in [6, 6.07) is 0. The van der Waals surface area contributed by atoms with Crippen molar-refractivity contribution in [3.05, 3.63) is 0 Å². The molecule has 1 unspecified atom stereocenters. The number of nitrogens with zero attached hydrogens (tertiary/aromatic N) is 1. The van der Waals surface area contributed by atoms with Crippen LogP contribution in [-0.4, -0.2) is 37.1 Å². The molecule has 1 saturated heterocycles. The largest absolute Gasteiger partial charge is 0.356 e. The van der Waals surface area contributed by atoms with Gasteiger partial charge in [0.15, 0.2) is 5.96 Å². The standard InChI is InChI=1S/C12H25N3S.HI/c1-10(2)6-7-14-12(13-3)15-9-11-5-4-8-16-11;/h10-11H,4-9H2,1-3H3,(H2,13,14,15);1H. The summed E-state index contributed by atoms with van der Waals surface area (Å²) in [7, 11) is 1.84. The third-order valence-corrected chi connectivity index (χ3v) is 4.16. The fourth-order valence-corrected chi connectivity index (χ4v) is 2.92. The minimum absolute atomic E-state index is 0. The van der Waals surface area contributed by atoms with Gasteiger partial charge >= 0.3 is 0 Å². The SMILES string of the molecule is CN=C(NCCC(C)C)NCC1CCCS1.I. The third-order valence-electron chi connectivity index (χ3n) is 2.76. The summed E-state index contributed by atoms with van der Waals surface area (Å²) in [5.41, 5.74) is 0. The normalized spacial score (nSPS) is 20.2. The Kier molecular flexibility index (Phi) is 10.5. The highest BCUT2D eigenvalue weighted by Gasteiger charge is 2.15. The summed E-state index contributed by atoms with van der Waals surface area (Å²) in [6.07, 6.45) is 3.91. The number of aliphatic imine (C=N–C) groups is 1. The van der Waals surface area contributed by atoms with Crippen LogP contribution in [0.4, 0.5) is 0 Å². The van der Waals surface area contributed by atoms with E-state index in [-0.39, 0.29) is 24.0 Å². The molecule has 0 spiro atoms. The number of halogens is 1. The van der Waals surface area contributed by atoms with Crippen molar-refractivity contribution in [2.75, 3.05) is 25.9 Å². The van der Waals surface area contributed by atoms with Crippen molar-refractivity contribution in [1.29, 1.82) is 0 Å². The lowest BCUT2D eigenvalue weighted by atomic mass is 10.1. The Morgan fingerprint density at radius 1 is 1.41 bits per heavy atom. The molecular weight excluding hydrogens is 345 g/mol. The van der Waals surface area contributed by atoms with Crippen molar-refractivity contribution in [1.82, 2.24) is 10.6 Å². The van der Waals surface area contributed by atoms with Crippen LogP contribution in [0.25, 0.3) is 0 Å². The van der Waals surface area contributed by atoms with Gasteiger partial charge in [-0.2, -0.15) is 11.8 Å². The molecule has 0 aromatic rings.